The van der Waals surface area contributed by atoms with Gasteiger partial charge in [-0.3, -0.25) is 9.59 Å². The SMILES string of the molecule is COc1ccc(C(C)=O)c(OCC(=O)N(C)Cc2ccc(F)cc2)c1. The Bertz CT molecular complexity index is 759. The minimum atomic E-state index is -0.323. The highest BCUT2D eigenvalue weighted by Gasteiger charge is 2.14. The van der Waals surface area contributed by atoms with Crippen molar-refractivity contribution in [2.75, 3.05) is 20.8 Å². The predicted molar refractivity (Wildman–Crippen MR) is 91.4 cm³/mol. The van der Waals surface area contributed by atoms with E-state index in [9.17, 15) is 14.0 Å². The Morgan fingerprint density at radius 1 is 1.12 bits per heavy atom. The zero-order valence-corrected chi connectivity index (χ0v) is 14.4. The maximum Gasteiger partial charge on any atom is 0.260 e. The van der Waals surface area contributed by atoms with Crippen molar-refractivity contribution in [3.63, 3.8) is 0 Å². The van der Waals surface area contributed by atoms with E-state index in [0.717, 1.165) is 5.56 Å². The Kier molecular flexibility index (Phi) is 6.11. The van der Waals surface area contributed by atoms with Gasteiger partial charge in [-0.05, 0) is 36.8 Å². The van der Waals surface area contributed by atoms with Crippen LogP contribution in [0.15, 0.2) is 42.5 Å². The summed E-state index contributed by atoms with van der Waals surface area (Å²) in [5, 5.41) is 0. The summed E-state index contributed by atoms with van der Waals surface area (Å²) in [6, 6.07) is 10.8. The molecule has 0 aliphatic carbocycles. The molecule has 0 aromatic heterocycles. The summed E-state index contributed by atoms with van der Waals surface area (Å²) >= 11 is 0. The number of likely N-dealkylation sites (N-methyl/N-ethyl adjacent to an activating group) is 1. The van der Waals surface area contributed by atoms with E-state index in [2.05, 4.69) is 0 Å². The van der Waals surface area contributed by atoms with Crippen LogP contribution in [0.1, 0.15) is 22.8 Å². The maximum atomic E-state index is 12.9. The molecule has 1 amide bonds. The third-order valence-corrected chi connectivity index (χ3v) is 3.68. The lowest BCUT2D eigenvalue weighted by atomic mass is 10.1. The second kappa shape index (κ2) is 8.28. The molecule has 6 heteroatoms. The van der Waals surface area contributed by atoms with Crippen molar-refractivity contribution in [2.45, 2.75) is 13.5 Å². The number of hydrogen-bond donors (Lipinski definition) is 0. The number of hydrogen-bond acceptors (Lipinski definition) is 4. The molecule has 0 heterocycles. The number of Topliss-reactive ketones (excluding diaryl/α,β-unsaturated/α-hetero) is 1. The van der Waals surface area contributed by atoms with Gasteiger partial charge in [0, 0.05) is 19.7 Å². The van der Waals surface area contributed by atoms with Crippen LogP contribution in [0.4, 0.5) is 4.39 Å². The minimum absolute atomic E-state index is 0.162. The molecule has 0 unspecified atom stereocenters. The number of carbonyl (C=O) groups is 2. The normalized spacial score (nSPS) is 10.2. The van der Waals surface area contributed by atoms with E-state index in [0.29, 0.717) is 23.6 Å². The summed E-state index contributed by atoms with van der Waals surface area (Å²) < 4.78 is 23.6. The number of nitrogens with zero attached hydrogens (tertiary/aromatic N) is 1. The van der Waals surface area contributed by atoms with E-state index >= 15 is 0 Å². The van der Waals surface area contributed by atoms with Gasteiger partial charge in [-0.15, -0.1) is 0 Å². The third kappa shape index (κ3) is 5.04. The monoisotopic (exact) mass is 345 g/mol. The van der Waals surface area contributed by atoms with Crippen molar-refractivity contribution in [1.29, 1.82) is 0 Å². The van der Waals surface area contributed by atoms with Gasteiger partial charge in [0.05, 0.1) is 12.7 Å². The first-order chi connectivity index (χ1) is 11.9. The van der Waals surface area contributed by atoms with Gasteiger partial charge in [0.25, 0.3) is 5.91 Å². The topological polar surface area (TPSA) is 55.8 Å². The first-order valence-corrected chi connectivity index (χ1v) is 7.71. The highest BCUT2D eigenvalue weighted by atomic mass is 19.1. The maximum absolute atomic E-state index is 12.9. The van der Waals surface area contributed by atoms with E-state index in [1.807, 2.05) is 0 Å². The highest BCUT2D eigenvalue weighted by Crippen LogP contribution is 2.25. The number of rotatable bonds is 7. The van der Waals surface area contributed by atoms with Crippen LogP contribution in [0.25, 0.3) is 0 Å². The van der Waals surface area contributed by atoms with Crippen molar-refractivity contribution in [2.24, 2.45) is 0 Å². The van der Waals surface area contributed by atoms with Crippen LogP contribution in [0.3, 0.4) is 0 Å². The average Bonchev–Trinajstić information content (AvgIpc) is 2.61. The van der Waals surface area contributed by atoms with Crippen LogP contribution in [0.2, 0.25) is 0 Å². The number of ether oxygens (including phenoxy) is 2. The molecule has 5 nitrogen and oxygen atoms in total. The van der Waals surface area contributed by atoms with Gasteiger partial charge in [0.15, 0.2) is 12.4 Å². The second-order valence-corrected chi connectivity index (χ2v) is 5.58. The van der Waals surface area contributed by atoms with Gasteiger partial charge in [-0.25, -0.2) is 4.39 Å². The minimum Gasteiger partial charge on any atom is -0.497 e. The van der Waals surface area contributed by atoms with Crippen LogP contribution in [-0.2, 0) is 11.3 Å². The molecule has 2 rings (SSSR count). The van der Waals surface area contributed by atoms with Crippen molar-refractivity contribution in [3.8, 4) is 11.5 Å². The molecule has 2 aromatic carbocycles. The predicted octanol–water partition coefficient (Wildman–Crippen LogP) is 3.07. The first-order valence-electron chi connectivity index (χ1n) is 7.71. The summed E-state index contributed by atoms with van der Waals surface area (Å²) in [5.74, 6) is 0.0877. The van der Waals surface area contributed by atoms with Crippen molar-refractivity contribution < 1.29 is 23.5 Å². The van der Waals surface area contributed by atoms with Gasteiger partial charge in [0.2, 0.25) is 0 Å². The molecule has 0 saturated carbocycles. The summed E-state index contributed by atoms with van der Waals surface area (Å²) in [5.41, 5.74) is 1.19. The van der Waals surface area contributed by atoms with Gasteiger partial charge in [0.1, 0.15) is 17.3 Å². The van der Waals surface area contributed by atoms with E-state index in [1.54, 1.807) is 37.4 Å². The molecular formula is C19H20FNO4. The van der Waals surface area contributed by atoms with Crippen LogP contribution < -0.4 is 9.47 Å². The summed E-state index contributed by atoms with van der Waals surface area (Å²) in [4.78, 5) is 25.4. The molecule has 0 N–H and O–H groups in total. The van der Waals surface area contributed by atoms with E-state index in [1.165, 1.54) is 31.1 Å². The van der Waals surface area contributed by atoms with E-state index in [4.69, 9.17) is 9.47 Å². The third-order valence-electron chi connectivity index (χ3n) is 3.68. The van der Waals surface area contributed by atoms with Crippen molar-refractivity contribution in [1.82, 2.24) is 4.90 Å². The zero-order chi connectivity index (χ0) is 18.4. The largest absolute Gasteiger partial charge is 0.497 e. The molecule has 25 heavy (non-hydrogen) atoms. The molecule has 0 fully saturated rings. The number of benzene rings is 2. The summed E-state index contributed by atoms with van der Waals surface area (Å²) in [6.45, 7) is 1.54. The number of halogens is 1. The Labute approximate surface area is 146 Å². The Morgan fingerprint density at radius 3 is 2.40 bits per heavy atom. The van der Waals surface area contributed by atoms with Crippen LogP contribution in [0, 0.1) is 5.82 Å². The molecular weight excluding hydrogens is 325 g/mol. The van der Waals surface area contributed by atoms with Gasteiger partial charge < -0.3 is 14.4 Å². The summed E-state index contributed by atoms with van der Waals surface area (Å²) in [6.07, 6.45) is 0. The van der Waals surface area contributed by atoms with Crippen LogP contribution >= 0.6 is 0 Å². The number of ketones is 1. The zero-order valence-electron chi connectivity index (χ0n) is 14.4. The molecule has 2 aromatic rings. The van der Waals surface area contributed by atoms with Crippen LogP contribution in [-0.4, -0.2) is 37.4 Å². The number of methoxy groups -OCH3 is 1. The molecule has 0 saturated heterocycles. The quantitative estimate of drug-likeness (QED) is 0.724. The fraction of sp³-hybridized carbons (Fsp3) is 0.263. The van der Waals surface area contributed by atoms with Gasteiger partial charge in [-0.1, -0.05) is 12.1 Å². The summed E-state index contributed by atoms with van der Waals surface area (Å²) in [7, 11) is 3.14. The number of carbonyl (C=O) groups excluding carboxylic acids is 2. The fourth-order valence-corrected chi connectivity index (χ4v) is 2.24. The van der Waals surface area contributed by atoms with Crippen molar-refractivity contribution in [3.05, 3.63) is 59.4 Å². The Hall–Kier alpha value is -2.89. The lowest BCUT2D eigenvalue weighted by Gasteiger charge is -2.18. The van der Waals surface area contributed by atoms with Gasteiger partial charge >= 0.3 is 0 Å². The molecule has 0 aliphatic heterocycles. The standard InChI is InChI=1S/C19H20FNO4/c1-13(22)17-9-8-16(24-3)10-18(17)25-12-19(23)21(2)11-14-4-6-15(20)7-5-14/h4-10H,11-12H2,1-3H3. The molecule has 0 aliphatic rings. The lowest BCUT2D eigenvalue weighted by Crippen LogP contribution is -2.31. The van der Waals surface area contributed by atoms with Crippen molar-refractivity contribution >= 4 is 11.7 Å². The second-order valence-electron chi connectivity index (χ2n) is 5.58. The molecule has 0 bridgehead atoms. The average molecular weight is 345 g/mol. The Morgan fingerprint density at radius 2 is 1.80 bits per heavy atom. The Balaban J connectivity index is 2.01. The van der Waals surface area contributed by atoms with Crippen LogP contribution in [0.5, 0.6) is 11.5 Å². The van der Waals surface area contributed by atoms with E-state index < -0.39 is 0 Å². The van der Waals surface area contributed by atoms with Gasteiger partial charge in [-0.2, -0.15) is 0 Å². The molecule has 0 atom stereocenters. The fourth-order valence-electron chi connectivity index (χ4n) is 2.24. The highest BCUT2D eigenvalue weighted by molar-refractivity contribution is 5.97. The number of amides is 1. The smallest absolute Gasteiger partial charge is 0.260 e. The molecule has 0 radical (unpaired) electrons. The lowest BCUT2D eigenvalue weighted by molar-refractivity contribution is -0.132. The first kappa shape index (κ1) is 18.4. The molecule has 132 valence electrons. The molecule has 0 spiro atoms. The van der Waals surface area contributed by atoms with E-state index in [-0.39, 0.29) is 24.1 Å².